The van der Waals surface area contributed by atoms with Gasteiger partial charge < -0.3 is 9.47 Å². The van der Waals surface area contributed by atoms with Crippen LogP contribution in [0.5, 0.6) is 5.75 Å². The Bertz CT molecular complexity index is 864. The predicted molar refractivity (Wildman–Crippen MR) is 104 cm³/mol. The summed E-state index contributed by atoms with van der Waals surface area (Å²) in [5.74, 6) is 0.476. The van der Waals surface area contributed by atoms with Gasteiger partial charge in [0, 0.05) is 44.0 Å². The Morgan fingerprint density at radius 1 is 1.07 bits per heavy atom. The second-order valence-corrected chi connectivity index (χ2v) is 10.3. The van der Waals surface area contributed by atoms with Crippen molar-refractivity contribution in [3.05, 3.63) is 27.2 Å². The maximum Gasteiger partial charge on any atom is 0.282 e. The highest BCUT2D eigenvalue weighted by atomic mass is 79.9. The van der Waals surface area contributed by atoms with Crippen molar-refractivity contribution in [1.29, 1.82) is 0 Å². The highest BCUT2D eigenvalue weighted by Crippen LogP contribution is 2.44. The smallest absolute Gasteiger partial charge is 0.282 e. The Labute approximate surface area is 171 Å². The summed E-state index contributed by atoms with van der Waals surface area (Å²) in [6.07, 6.45) is 1.17. The fraction of sp³-hybridized carbons (Fsp3) is 0.588. The molecule has 0 aliphatic carbocycles. The van der Waals surface area contributed by atoms with Crippen molar-refractivity contribution in [2.24, 2.45) is 0 Å². The van der Waals surface area contributed by atoms with Crippen LogP contribution in [0.3, 0.4) is 0 Å². The molecule has 0 bridgehead atoms. The van der Waals surface area contributed by atoms with Crippen molar-refractivity contribution in [3.8, 4) is 5.75 Å². The summed E-state index contributed by atoms with van der Waals surface area (Å²) in [7, 11) is -3.51. The summed E-state index contributed by atoms with van der Waals surface area (Å²) in [5.41, 5.74) is -0.194. The Morgan fingerprint density at radius 3 is 2.37 bits per heavy atom. The van der Waals surface area contributed by atoms with Gasteiger partial charge in [-0.25, -0.2) is 0 Å². The quantitative estimate of drug-likeness (QED) is 0.651. The number of ketones is 1. The van der Waals surface area contributed by atoms with Gasteiger partial charge in [0.05, 0.1) is 29.7 Å². The van der Waals surface area contributed by atoms with Crippen molar-refractivity contribution in [2.45, 2.75) is 24.9 Å². The lowest BCUT2D eigenvalue weighted by molar-refractivity contribution is 0.00333. The lowest BCUT2D eigenvalue weighted by atomic mass is 9.83. The van der Waals surface area contributed by atoms with E-state index in [4.69, 9.17) is 21.1 Å². The summed E-state index contributed by atoms with van der Waals surface area (Å²) in [5, 5.41) is 0.472. The summed E-state index contributed by atoms with van der Waals surface area (Å²) in [6, 6.07) is 3.32. The number of ether oxygens (including phenoxy) is 2. The topological polar surface area (TPSA) is 76.2 Å². The third-order valence-corrected chi connectivity index (χ3v) is 8.21. The van der Waals surface area contributed by atoms with Crippen LogP contribution in [0, 0.1) is 0 Å². The minimum absolute atomic E-state index is 0.0241. The van der Waals surface area contributed by atoms with Crippen molar-refractivity contribution in [3.63, 3.8) is 0 Å². The normalized spacial score (nSPS) is 23.9. The number of carbonyl (C=O) groups excluding carboxylic acids is 1. The van der Waals surface area contributed by atoms with E-state index < -0.39 is 15.8 Å². The first kappa shape index (κ1) is 19.6. The molecule has 0 atom stereocenters. The first-order valence-electron chi connectivity index (χ1n) is 8.85. The molecule has 1 aromatic carbocycles. The fourth-order valence-corrected chi connectivity index (χ4v) is 6.33. The largest absolute Gasteiger partial charge is 0.485 e. The Balaban J connectivity index is 1.51. The second-order valence-electron chi connectivity index (χ2n) is 7.07. The van der Waals surface area contributed by atoms with E-state index in [0.29, 0.717) is 73.0 Å². The number of piperidine rings is 1. The van der Waals surface area contributed by atoms with Gasteiger partial charge in [-0.1, -0.05) is 11.6 Å². The molecule has 0 aromatic heterocycles. The van der Waals surface area contributed by atoms with Crippen LogP contribution in [0.1, 0.15) is 29.6 Å². The van der Waals surface area contributed by atoms with Crippen LogP contribution in [-0.2, 0) is 14.9 Å². The number of carbonyl (C=O) groups is 1. The summed E-state index contributed by atoms with van der Waals surface area (Å²) in [4.78, 5) is 12.7. The molecule has 2 saturated heterocycles. The fourth-order valence-electron chi connectivity index (χ4n) is 3.86. The number of morpholine rings is 1. The molecule has 1 aromatic rings. The molecule has 0 unspecified atom stereocenters. The number of hydrogen-bond donors (Lipinski definition) is 0. The summed E-state index contributed by atoms with van der Waals surface area (Å²) in [6.45, 7) is 2.24. The standard InChI is InChI=1S/C17H20BrClN2O5S/c18-14-10-12(19)9-13-15(22)11-17(26-16(13)14)1-3-20(4-2-17)27(23,24)21-5-7-25-8-6-21/h9-10H,1-8,11H2. The van der Waals surface area contributed by atoms with Crippen molar-refractivity contribution in [1.82, 2.24) is 8.61 Å². The molecule has 0 N–H and O–H groups in total. The molecule has 3 heterocycles. The van der Waals surface area contributed by atoms with Gasteiger partial charge in [0.1, 0.15) is 11.4 Å². The van der Waals surface area contributed by atoms with Crippen LogP contribution in [0.2, 0.25) is 5.02 Å². The molecule has 0 amide bonds. The van der Waals surface area contributed by atoms with Crippen molar-refractivity contribution >= 4 is 43.5 Å². The molecular formula is C17H20BrClN2O5S. The number of hydrogen-bond acceptors (Lipinski definition) is 5. The minimum Gasteiger partial charge on any atom is -0.485 e. The number of halogens is 2. The molecule has 4 rings (SSSR count). The Hall–Kier alpha value is -0.710. The van der Waals surface area contributed by atoms with E-state index in [2.05, 4.69) is 15.9 Å². The number of Topliss-reactive ketones (excluding diaryl/α,β-unsaturated/α-hetero) is 1. The SMILES string of the molecule is O=C1CC2(CCN(S(=O)(=O)N3CCOCC3)CC2)Oc2c(Br)cc(Cl)cc21. The number of benzene rings is 1. The van der Waals surface area contributed by atoms with Crippen LogP contribution < -0.4 is 4.74 Å². The molecule has 7 nitrogen and oxygen atoms in total. The van der Waals surface area contributed by atoms with Gasteiger partial charge in [-0.3, -0.25) is 4.79 Å². The monoisotopic (exact) mass is 478 g/mol. The van der Waals surface area contributed by atoms with Gasteiger partial charge in [0.2, 0.25) is 0 Å². The second kappa shape index (κ2) is 7.27. The van der Waals surface area contributed by atoms with E-state index in [1.165, 1.54) is 8.61 Å². The molecule has 0 saturated carbocycles. The first-order chi connectivity index (χ1) is 12.8. The molecule has 0 radical (unpaired) electrons. The molecule has 148 valence electrons. The van der Waals surface area contributed by atoms with Crippen LogP contribution >= 0.6 is 27.5 Å². The maximum atomic E-state index is 12.8. The van der Waals surface area contributed by atoms with E-state index in [0.717, 1.165) is 0 Å². The highest BCUT2D eigenvalue weighted by Gasteiger charge is 2.46. The zero-order chi connectivity index (χ0) is 19.2. The first-order valence-corrected chi connectivity index (χ1v) is 11.4. The zero-order valence-corrected chi connectivity index (χ0v) is 17.8. The third-order valence-electron chi connectivity index (χ3n) is 5.37. The van der Waals surface area contributed by atoms with Gasteiger partial charge in [-0.2, -0.15) is 17.0 Å². The van der Waals surface area contributed by atoms with E-state index in [-0.39, 0.29) is 12.2 Å². The molecule has 27 heavy (non-hydrogen) atoms. The predicted octanol–water partition coefficient (Wildman–Crippen LogP) is 2.48. The number of nitrogens with zero attached hydrogens (tertiary/aromatic N) is 2. The average molecular weight is 480 g/mol. The molecule has 2 fully saturated rings. The minimum atomic E-state index is -3.51. The number of rotatable bonds is 2. The lowest BCUT2D eigenvalue weighted by Crippen LogP contribution is -2.56. The van der Waals surface area contributed by atoms with Gasteiger partial charge in [0.25, 0.3) is 10.2 Å². The number of fused-ring (bicyclic) bond motifs is 1. The van der Waals surface area contributed by atoms with Gasteiger partial charge in [-0.05, 0) is 28.1 Å². The van der Waals surface area contributed by atoms with Crippen molar-refractivity contribution < 1.29 is 22.7 Å². The van der Waals surface area contributed by atoms with Crippen molar-refractivity contribution in [2.75, 3.05) is 39.4 Å². The van der Waals surface area contributed by atoms with E-state index in [1.54, 1.807) is 12.1 Å². The maximum absolute atomic E-state index is 12.8. The van der Waals surface area contributed by atoms with Crippen LogP contribution in [0.15, 0.2) is 16.6 Å². The third kappa shape index (κ3) is 3.65. The summed E-state index contributed by atoms with van der Waals surface area (Å²) < 4.78 is 40.7. The van der Waals surface area contributed by atoms with Crippen LogP contribution in [0.4, 0.5) is 0 Å². The van der Waals surface area contributed by atoms with E-state index >= 15 is 0 Å². The average Bonchev–Trinajstić information content (AvgIpc) is 2.64. The Kier molecular flexibility index (Phi) is 5.28. The molecular weight excluding hydrogens is 460 g/mol. The van der Waals surface area contributed by atoms with Gasteiger partial charge >= 0.3 is 0 Å². The molecule has 1 spiro atoms. The van der Waals surface area contributed by atoms with E-state index in [9.17, 15) is 13.2 Å². The zero-order valence-electron chi connectivity index (χ0n) is 14.6. The van der Waals surface area contributed by atoms with E-state index in [1.807, 2.05) is 0 Å². The van der Waals surface area contributed by atoms with Crippen LogP contribution in [0.25, 0.3) is 0 Å². The molecule has 3 aliphatic heterocycles. The Morgan fingerprint density at radius 2 is 1.70 bits per heavy atom. The molecule has 10 heteroatoms. The van der Waals surface area contributed by atoms with Gasteiger partial charge in [-0.15, -0.1) is 0 Å². The van der Waals surface area contributed by atoms with Gasteiger partial charge in [0.15, 0.2) is 5.78 Å². The van der Waals surface area contributed by atoms with Crippen LogP contribution in [-0.4, -0.2) is 67.8 Å². The summed E-state index contributed by atoms with van der Waals surface area (Å²) >= 11 is 9.46. The lowest BCUT2D eigenvalue weighted by Gasteiger charge is -2.44. The highest BCUT2D eigenvalue weighted by molar-refractivity contribution is 9.10. The molecule has 3 aliphatic rings.